The molecule has 0 aromatic heterocycles. The molecule has 4 heteroatoms. The molecule has 6 aromatic rings. The van der Waals surface area contributed by atoms with Crippen molar-refractivity contribution in [3.05, 3.63) is 146 Å². The van der Waals surface area contributed by atoms with Crippen LogP contribution in [0.3, 0.4) is 0 Å². The fourth-order valence-electron chi connectivity index (χ4n) is 11.0. The summed E-state index contributed by atoms with van der Waals surface area (Å²) in [6, 6.07) is 41.5. The van der Waals surface area contributed by atoms with E-state index in [-0.39, 0.29) is 39.7 Å². The second kappa shape index (κ2) is 28.0. The third-order valence-corrected chi connectivity index (χ3v) is 13.9. The van der Waals surface area contributed by atoms with Crippen molar-refractivity contribution in [2.75, 3.05) is 0 Å². The molecule has 0 N–H and O–H groups in total. The van der Waals surface area contributed by atoms with Crippen LogP contribution in [-0.4, -0.2) is 6.88 Å². The van der Waals surface area contributed by atoms with E-state index in [9.17, 15) is 0 Å². The molecular formula is C58H78Cl2SiZr-4. The Labute approximate surface area is 409 Å². The summed E-state index contributed by atoms with van der Waals surface area (Å²) in [5.41, 5.74) is 12.3. The Kier molecular flexibility index (Phi) is 25.2. The van der Waals surface area contributed by atoms with Crippen molar-refractivity contribution in [2.24, 2.45) is 10.8 Å². The van der Waals surface area contributed by atoms with Gasteiger partial charge in [0, 0.05) is 0 Å². The molecule has 336 valence electrons. The zero-order chi connectivity index (χ0) is 40.8. The van der Waals surface area contributed by atoms with Crippen LogP contribution in [0, 0.1) is 39.5 Å². The minimum atomic E-state index is 0. The van der Waals surface area contributed by atoms with Crippen LogP contribution in [0.1, 0.15) is 152 Å². The molecule has 0 bridgehead atoms. The van der Waals surface area contributed by atoms with Gasteiger partial charge >= 0.3 is 30.2 Å². The Hall–Kier alpha value is -2.22. The molecule has 62 heavy (non-hydrogen) atoms. The van der Waals surface area contributed by atoms with Crippen LogP contribution in [0.4, 0.5) is 0 Å². The summed E-state index contributed by atoms with van der Waals surface area (Å²) in [7, 11) is 0. The molecule has 0 spiro atoms. The minimum absolute atomic E-state index is 0. The zero-order valence-electron chi connectivity index (χ0n) is 39.4. The van der Waals surface area contributed by atoms with Crippen LogP contribution in [0.2, 0.25) is 0 Å². The van der Waals surface area contributed by atoms with Crippen molar-refractivity contribution in [3.8, 4) is 22.3 Å². The van der Waals surface area contributed by atoms with E-state index in [0.29, 0.717) is 10.8 Å². The number of hydrogen-bond acceptors (Lipinski definition) is 0. The average Bonchev–Trinajstić information content (AvgIpc) is 3.83. The van der Waals surface area contributed by atoms with Crippen molar-refractivity contribution < 1.29 is 23.3 Å². The van der Waals surface area contributed by atoms with Crippen LogP contribution >= 0.6 is 24.8 Å². The molecule has 0 heterocycles. The van der Waals surface area contributed by atoms with E-state index in [1.807, 2.05) is 0 Å². The average molecular weight is 965 g/mol. The molecule has 8 rings (SSSR count). The molecule has 2 radical (unpaired) electrons. The maximum absolute atomic E-state index is 3.06. The molecule has 0 nitrogen and oxygen atoms in total. The quantitative estimate of drug-likeness (QED) is 0.0948. The Bertz CT molecular complexity index is 1970. The van der Waals surface area contributed by atoms with Gasteiger partial charge in [0.15, 0.2) is 0 Å². The van der Waals surface area contributed by atoms with Gasteiger partial charge < -0.3 is 14.9 Å². The number of fused-ring (bicyclic) bond motifs is 2. The first kappa shape index (κ1) is 55.9. The van der Waals surface area contributed by atoms with Crippen molar-refractivity contribution in [2.45, 2.75) is 156 Å². The van der Waals surface area contributed by atoms with Crippen LogP contribution in [0.25, 0.3) is 43.8 Å². The van der Waals surface area contributed by atoms with E-state index in [1.54, 1.807) is 11.1 Å². The Balaban J connectivity index is 0.000000386. The van der Waals surface area contributed by atoms with E-state index in [0.717, 1.165) is 0 Å². The van der Waals surface area contributed by atoms with Gasteiger partial charge in [0.2, 0.25) is 0 Å². The molecule has 0 amide bonds. The number of halogens is 2. The predicted molar refractivity (Wildman–Crippen MR) is 279 cm³/mol. The zero-order valence-corrected chi connectivity index (χ0v) is 44.4. The molecule has 0 unspecified atom stereocenters. The van der Waals surface area contributed by atoms with Crippen LogP contribution in [0.5, 0.6) is 0 Å². The summed E-state index contributed by atoms with van der Waals surface area (Å²) in [5.74, 6) is 0. The Morgan fingerprint density at radius 2 is 0.806 bits per heavy atom. The summed E-state index contributed by atoms with van der Waals surface area (Å²) in [4.78, 5) is 0. The van der Waals surface area contributed by atoms with Crippen LogP contribution in [-0.2, 0) is 36.2 Å². The standard InChI is InChI=1S/2C28H35.2CH3.2ClH.Si.Zr/c2*1-3-16-28(17-7-5-4-6-8-18-28)21-23-19-25-10-9-11-26(27(25)20-23)24-14-12-22(2)13-15-24;;;;;;/h2*9-15,19-20H,3-8,16-18,21H2,1-2H3;2*1H3;2*1H;;/q4*-1;;;;. The first-order valence-electron chi connectivity index (χ1n) is 23.1. The van der Waals surface area contributed by atoms with Crippen LogP contribution < -0.4 is 0 Å². The van der Waals surface area contributed by atoms with Gasteiger partial charge in [-0.1, -0.05) is 174 Å². The van der Waals surface area contributed by atoms with Gasteiger partial charge in [-0.05, 0) is 87.2 Å². The van der Waals surface area contributed by atoms with Crippen molar-refractivity contribution in [3.63, 3.8) is 0 Å². The predicted octanol–water partition coefficient (Wildman–Crippen LogP) is 18.6. The number of aryl methyl sites for hydroxylation is 2. The van der Waals surface area contributed by atoms with E-state index < -0.39 is 0 Å². The number of hydrogen-bond donors (Lipinski definition) is 0. The van der Waals surface area contributed by atoms with Gasteiger partial charge in [0.25, 0.3) is 0 Å². The van der Waals surface area contributed by atoms with E-state index >= 15 is 0 Å². The number of rotatable bonds is 10. The van der Waals surface area contributed by atoms with Gasteiger partial charge in [-0.15, -0.1) is 93.9 Å². The maximum atomic E-state index is 3.06. The second-order valence-corrected chi connectivity index (χ2v) is 18.5. The summed E-state index contributed by atoms with van der Waals surface area (Å²) in [6.45, 7) is 12.1. The fourth-order valence-corrected chi connectivity index (χ4v) is 11.0. The molecule has 6 aromatic carbocycles. The normalized spacial score (nSPS) is 15.7. The molecule has 0 saturated heterocycles. The van der Waals surface area contributed by atoms with Gasteiger partial charge in [0.05, 0.1) is 0 Å². The SMILES string of the molecule is CCCC1(Cc2cc3c(-c4ccc(C)cc4)cccc3[cH-]2)CCCCCCC1.CCCC1(Cc2cc3c(-c4ccc(C)cc4)cccc3[cH-]2)CCCCCCC1.Cl.Cl.[CH3-].[CH3-].[Si]=[Zr]. The third kappa shape index (κ3) is 14.9. The molecular weight excluding hydrogens is 887 g/mol. The fraction of sp³-hybridized carbons (Fsp3) is 0.448. The number of benzene rings is 4. The molecule has 2 aliphatic rings. The Morgan fingerprint density at radius 3 is 1.13 bits per heavy atom. The van der Waals surface area contributed by atoms with E-state index in [4.69, 9.17) is 0 Å². The molecule has 2 fully saturated rings. The second-order valence-electron chi connectivity index (χ2n) is 18.5. The third-order valence-electron chi connectivity index (χ3n) is 13.9. The molecule has 2 aliphatic carbocycles. The van der Waals surface area contributed by atoms with Gasteiger partial charge in [-0.2, -0.15) is 12.1 Å². The molecule has 0 aliphatic heterocycles. The molecule has 2 saturated carbocycles. The summed E-state index contributed by atoms with van der Waals surface area (Å²) < 4.78 is 0. The van der Waals surface area contributed by atoms with Crippen molar-refractivity contribution in [1.82, 2.24) is 0 Å². The summed E-state index contributed by atoms with van der Waals surface area (Å²) >= 11 is 1.36. The summed E-state index contributed by atoms with van der Waals surface area (Å²) in [6.07, 6.45) is 28.0. The van der Waals surface area contributed by atoms with Crippen LogP contribution in [0.15, 0.2) is 109 Å². The first-order valence-corrected chi connectivity index (χ1v) is 27.3. The van der Waals surface area contributed by atoms with Gasteiger partial charge in [-0.3, -0.25) is 0 Å². The molecule has 0 atom stereocenters. The van der Waals surface area contributed by atoms with Crippen molar-refractivity contribution in [1.29, 1.82) is 0 Å². The van der Waals surface area contributed by atoms with Gasteiger partial charge in [-0.25, -0.2) is 0 Å². The monoisotopic (exact) mass is 962 g/mol. The Morgan fingerprint density at radius 1 is 0.484 bits per heavy atom. The topological polar surface area (TPSA) is 0 Å². The van der Waals surface area contributed by atoms with E-state index in [1.165, 1.54) is 207 Å². The summed E-state index contributed by atoms with van der Waals surface area (Å²) in [5, 5.41) is 5.67. The van der Waals surface area contributed by atoms with Crippen molar-refractivity contribution >= 4 is 53.2 Å². The van der Waals surface area contributed by atoms with E-state index in [2.05, 4.69) is 144 Å². The van der Waals surface area contributed by atoms with Gasteiger partial charge in [0.1, 0.15) is 0 Å². The first-order chi connectivity index (χ1) is 28.4.